The first-order valence-electron chi connectivity index (χ1n) is 9.65. The van der Waals surface area contributed by atoms with Crippen molar-refractivity contribution in [2.45, 2.75) is 13.2 Å². The van der Waals surface area contributed by atoms with E-state index in [4.69, 9.17) is 4.74 Å². The van der Waals surface area contributed by atoms with E-state index in [2.05, 4.69) is 50.5 Å². The maximum atomic E-state index is 13.4. The normalized spacial score (nSPS) is 14.7. The SMILES string of the molecule is O=C1N/C(=C/c2cc(I)c(OCc3cccc(F)c3)c(I)c2)C(=O)N1Cc1ccccc1. The van der Waals surface area contributed by atoms with E-state index in [1.54, 1.807) is 18.2 Å². The van der Waals surface area contributed by atoms with E-state index in [9.17, 15) is 14.0 Å². The fraction of sp³-hybridized carbons (Fsp3) is 0.0833. The number of ether oxygens (including phenoxy) is 1. The molecule has 0 bridgehead atoms. The van der Waals surface area contributed by atoms with Gasteiger partial charge in [-0.05, 0) is 92.2 Å². The molecule has 3 amide bonds. The molecule has 1 N–H and O–H groups in total. The highest BCUT2D eigenvalue weighted by atomic mass is 127. The van der Waals surface area contributed by atoms with Gasteiger partial charge in [-0.3, -0.25) is 9.69 Å². The van der Waals surface area contributed by atoms with Gasteiger partial charge in [-0.25, -0.2) is 9.18 Å². The molecular weight excluding hydrogens is 637 g/mol. The number of benzene rings is 3. The minimum absolute atomic E-state index is 0.213. The van der Waals surface area contributed by atoms with Crippen molar-refractivity contribution in [2.75, 3.05) is 0 Å². The van der Waals surface area contributed by atoms with E-state index in [1.807, 2.05) is 42.5 Å². The van der Waals surface area contributed by atoms with Gasteiger partial charge in [0.2, 0.25) is 0 Å². The number of amides is 3. The standard InChI is InChI=1S/C24H17FI2N2O3/c25-18-8-4-7-16(9-18)14-32-22-19(26)10-17(11-20(22)27)12-21-23(30)29(24(31)28-21)13-15-5-2-1-3-6-15/h1-12H,13-14H2,(H,28,31)/b21-12+. The minimum atomic E-state index is -0.440. The third-order valence-corrected chi connectivity index (χ3v) is 6.35. The van der Waals surface area contributed by atoms with Crippen LogP contribution in [0.2, 0.25) is 0 Å². The lowest BCUT2D eigenvalue weighted by Gasteiger charge is -2.12. The smallest absolute Gasteiger partial charge is 0.329 e. The summed E-state index contributed by atoms with van der Waals surface area (Å²) in [5.41, 5.74) is 2.61. The quantitative estimate of drug-likeness (QED) is 0.211. The lowest BCUT2D eigenvalue weighted by molar-refractivity contribution is -0.123. The van der Waals surface area contributed by atoms with Gasteiger partial charge in [0.25, 0.3) is 5.91 Å². The highest BCUT2D eigenvalue weighted by molar-refractivity contribution is 14.1. The molecule has 0 aliphatic carbocycles. The molecule has 0 radical (unpaired) electrons. The first-order chi connectivity index (χ1) is 15.4. The Morgan fingerprint density at radius 3 is 2.31 bits per heavy atom. The molecule has 3 aromatic rings. The van der Waals surface area contributed by atoms with Crippen LogP contribution >= 0.6 is 45.2 Å². The number of nitrogens with zero attached hydrogens (tertiary/aromatic N) is 1. The number of imide groups is 1. The number of hydrogen-bond acceptors (Lipinski definition) is 3. The molecule has 0 aromatic heterocycles. The van der Waals surface area contributed by atoms with E-state index in [-0.39, 0.29) is 30.6 Å². The van der Waals surface area contributed by atoms with Gasteiger partial charge in [0, 0.05) is 0 Å². The predicted octanol–water partition coefficient (Wildman–Crippen LogP) is 5.71. The fourth-order valence-electron chi connectivity index (χ4n) is 3.23. The Kier molecular flexibility index (Phi) is 7.09. The van der Waals surface area contributed by atoms with Crippen molar-refractivity contribution in [3.8, 4) is 5.75 Å². The second kappa shape index (κ2) is 9.99. The summed E-state index contributed by atoms with van der Waals surface area (Å²) in [6.07, 6.45) is 1.66. The Morgan fingerprint density at radius 1 is 0.938 bits per heavy atom. The van der Waals surface area contributed by atoms with Crippen LogP contribution in [0.25, 0.3) is 6.08 Å². The van der Waals surface area contributed by atoms with E-state index in [1.165, 1.54) is 17.0 Å². The minimum Gasteiger partial charge on any atom is -0.487 e. The summed E-state index contributed by atoms with van der Waals surface area (Å²) in [4.78, 5) is 26.3. The summed E-state index contributed by atoms with van der Waals surface area (Å²) in [7, 11) is 0. The van der Waals surface area contributed by atoms with Crippen molar-refractivity contribution in [1.82, 2.24) is 10.2 Å². The zero-order valence-electron chi connectivity index (χ0n) is 16.6. The topological polar surface area (TPSA) is 58.6 Å². The number of hydrogen-bond donors (Lipinski definition) is 1. The maximum absolute atomic E-state index is 13.4. The van der Waals surface area contributed by atoms with Crippen molar-refractivity contribution in [3.63, 3.8) is 0 Å². The summed E-state index contributed by atoms with van der Waals surface area (Å²) in [5.74, 6) is 0.0162. The summed E-state index contributed by atoms with van der Waals surface area (Å²) >= 11 is 4.32. The van der Waals surface area contributed by atoms with E-state index in [0.29, 0.717) is 5.75 Å². The molecule has 1 aliphatic heterocycles. The van der Waals surface area contributed by atoms with Crippen LogP contribution in [-0.2, 0) is 17.9 Å². The van der Waals surface area contributed by atoms with Crippen LogP contribution in [0, 0.1) is 13.0 Å². The van der Waals surface area contributed by atoms with Crippen LogP contribution in [0.15, 0.2) is 72.4 Å². The first-order valence-corrected chi connectivity index (χ1v) is 11.8. The zero-order chi connectivity index (χ0) is 22.7. The van der Waals surface area contributed by atoms with Crippen LogP contribution < -0.4 is 10.1 Å². The molecule has 0 spiro atoms. The van der Waals surface area contributed by atoms with Gasteiger partial charge in [0.15, 0.2) is 0 Å². The number of urea groups is 1. The second-order valence-corrected chi connectivity index (χ2v) is 9.42. The van der Waals surface area contributed by atoms with Gasteiger partial charge in [-0.1, -0.05) is 42.5 Å². The van der Waals surface area contributed by atoms with Crippen molar-refractivity contribution >= 4 is 63.2 Å². The van der Waals surface area contributed by atoms with E-state index in [0.717, 1.165) is 23.8 Å². The molecule has 0 atom stereocenters. The lowest BCUT2D eigenvalue weighted by atomic mass is 10.1. The molecule has 1 heterocycles. The second-order valence-electron chi connectivity index (χ2n) is 7.10. The van der Waals surface area contributed by atoms with Crippen LogP contribution in [-0.4, -0.2) is 16.8 Å². The Morgan fingerprint density at radius 2 is 1.62 bits per heavy atom. The van der Waals surface area contributed by atoms with Crippen molar-refractivity contribution < 1.29 is 18.7 Å². The maximum Gasteiger partial charge on any atom is 0.329 e. The van der Waals surface area contributed by atoms with Gasteiger partial charge in [-0.2, -0.15) is 0 Å². The summed E-state index contributed by atoms with van der Waals surface area (Å²) in [6, 6.07) is 18.9. The third kappa shape index (κ3) is 5.29. The molecule has 4 rings (SSSR count). The van der Waals surface area contributed by atoms with Crippen LogP contribution in [0.5, 0.6) is 5.75 Å². The van der Waals surface area contributed by atoms with Gasteiger partial charge in [0.1, 0.15) is 23.9 Å². The first kappa shape index (κ1) is 22.7. The third-order valence-electron chi connectivity index (χ3n) is 4.75. The van der Waals surface area contributed by atoms with E-state index >= 15 is 0 Å². The molecule has 1 saturated heterocycles. The fourth-order valence-corrected chi connectivity index (χ4v) is 5.36. The molecule has 3 aromatic carbocycles. The number of nitrogens with one attached hydrogen (secondary N) is 1. The molecule has 0 unspecified atom stereocenters. The molecule has 5 nitrogen and oxygen atoms in total. The van der Waals surface area contributed by atoms with Crippen molar-refractivity contribution in [2.24, 2.45) is 0 Å². The molecular formula is C24H17FI2N2O3. The van der Waals surface area contributed by atoms with Gasteiger partial charge in [-0.15, -0.1) is 0 Å². The van der Waals surface area contributed by atoms with Crippen molar-refractivity contribution in [3.05, 3.63) is 102 Å². The Hall–Kier alpha value is -2.47. The highest BCUT2D eigenvalue weighted by Crippen LogP contribution is 2.31. The average Bonchev–Trinajstić information content (AvgIpc) is 3.01. The van der Waals surface area contributed by atoms with Gasteiger partial charge in [0.05, 0.1) is 13.7 Å². The van der Waals surface area contributed by atoms with Gasteiger partial charge >= 0.3 is 6.03 Å². The number of rotatable bonds is 6. The van der Waals surface area contributed by atoms with Crippen LogP contribution in [0.3, 0.4) is 0 Å². The summed E-state index contributed by atoms with van der Waals surface area (Å²) < 4.78 is 21.0. The molecule has 0 saturated carbocycles. The molecule has 32 heavy (non-hydrogen) atoms. The van der Waals surface area contributed by atoms with Gasteiger partial charge < -0.3 is 10.1 Å². The lowest BCUT2D eigenvalue weighted by Crippen LogP contribution is -2.30. The number of carbonyl (C=O) groups is 2. The predicted molar refractivity (Wildman–Crippen MR) is 136 cm³/mol. The molecule has 8 heteroatoms. The Balaban J connectivity index is 1.50. The monoisotopic (exact) mass is 654 g/mol. The number of carbonyl (C=O) groups excluding carboxylic acids is 2. The zero-order valence-corrected chi connectivity index (χ0v) is 21.0. The molecule has 1 aliphatic rings. The van der Waals surface area contributed by atoms with Crippen LogP contribution in [0.1, 0.15) is 16.7 Å². The average molecular weight is 654 g/mol. The largest absolute Gasteiger partial charge is 0.487 e. The summed E-state index contributed by atoms with van der Waals surface area (Å²) in [6.45, 7) is 0.456. The van der Waals surface area contributed by atoms with Crippen molar-refractivity contribution in [1.29, 1.82) is 0 Å². The molecule has 162 valence electrons. The van der Waals surface area contributed by atoms with E-state index < -0.39 is 6.03 Å². The Bertz CT molecular complexity index is 1190. The highest BCUT2D eigenvalue weighted by Gasteiger charge is 2.33. The summed E-state index contributed by atoms with van der Waals surface area (Å²) in [5, 5.41) is 2.65. The van der Waals surface area contributed by atoms with Crippen LogP contribution in [0.4, 0.5) is 9.18 Å². The molecule has 1 fully saturated rings. The number of halogens is 3. The Labute approximate surface area is 211 Å².